The van der Waals surface area contributed by atoms with E-state index in [0.717, 1.165) is 0 Å². The average Bonchev–Trinajstić information content (AvgIpc) is 2.73. The predicted octanol–water partition coefficient (Wildman–Crippen LogP) is 1.60. The van der Waals surface area contributed by atoms with Crippen molar-refractivity contribution in [3.05, 3.63) is 17.0 Å². The molecule has 1 heterocycles. The lowest BCUT2D eigenvalue weighted by Crippen LogP contribution is -2.39. The second-order valence-corrected chi connectivity index (χ2v) is 5.46. The summed E-state index contributed by atoms with van der Waals surface area (Å²) in [6, 6.07) is 3.32. The average molecular weight is 270 g/mol. The second kappa shape index (κ2) is 5.97. The van der Waals surface area contributed by atoms with Crippen LogP contribution >= 0.6 is 11.3 Å². The topological polar surface area (TPSA) is 78.4 Å². The van der Waals surface area contributed by atoms with E-state index in [9.17, 15) is 14.7 Å². The Kier molecular flexibility index (Phi) is 4.86. The Labute approximate surface area is 110 Å². The first kappa shape index (κ1) is 14.7. The summed E-state index contributed by atoms with van der Waals surface area (Å²) in [5.41, 5.74) is -0.895. The van der Waals surface area contributed by atoms with Crippen LogP contribution in [-0.4, -0.2) is 29.1 Å². The predicted molar refractivity (Wildman–Crippen MR) is 71.9 cm³/mol. The fraction of sp³-hybridized carbons (Fsp3) is 0.500. The van der Waals surface area contributed by atoms with Crippen molar-refractivity contribution in [2.24, 2.45) is 0 Å². The van der Waals surface area contributed by atoms with Crippen LogP contribution in [0.1, 0.15) is 36.9 Å². The lowest BCUT2D eigenvalue weighted by atomic mass is 10.0. The second-order valence-electron chi connectivity index (χ2n) is 4.38. The molecule has 0 aliphatic heterocycles. The maximum Gasteiger partial charge on any atom is 0.261 e. The zero-order valence-electron chi connectivity index (χ0n) is 10.7. The molecule has 0 radical (unpaired) electrons. The van der Waals surface area contributed by atoms with Gasteiger partial charge in [0, 0.05) is 13.5 Å². The van der Waals surface area contributed by atoms with E-state index in [1.165, 1.54) is 18.3 Å². The van der Waals surface area contributed by atoms with E-state index in [-0.39, 0.29) is 18.4 Å². The molecule has 1 unspecified atom stereocenters. The van der Waals surface area contributed by atoms with Crippen LogP contribution in [0, 0.1) is 0 Å². The fourth-order valence-electron chi connectivity index (χ4n) is 1.18. The van der Waals surface area contributed by atoms with Gasteiger partial charge in [0.05, 0.1) is 15.5 Å². The number of anilines is 1. The molecule has 0 aliphatic carbocycles. The molecular formula is C12H18N2O3S. The minimum Gasteiger partial charge on any atom is -0.388 e. The van der Waals surface area contributed by atoms with Crippen molar-refractivity contribution in [2.75, 3.05) is 11.9 Å². The van der Waals surface area contributed by atoms with Gasteiger partial charge in [0.2, 0.25) is 5.91 Å². The first-order valence-corrected chi connectivity index (χ1v) is 6.54. The SMILES string of the molecule is CCC(C)(O)CNC(=O)c1ccc(NC(C)=O)s1. The number of carbonyl (C=O) groups excluding carboxylic acids is 2. The summed E-state index contributed by atoms with van der Waals surface area (Å²) < 4.78 is 0. The molecule has 2 amide bonds. The maximum atomic E-state index is 11.8. The molecule has 0 aliphatic rings. The summed E-state index contributed by atoms with van der Waals surface area (Å²) in [7, 11) is 0. The number of hydrogen-bond acceptors (Lipinski definition) is 4. The number of thiophene rings is 1. The first-order chi connectivity index (χ1) is 8.34. The maximum absolute atomic E-state index is 11.8. The quantitative estimate of drug-likeness (QED) is 0.760. The fourth-order valence-corrected chi connectivity index (χ4v) is 2.05. The van der Waals surface area contributed by atoms with Crippen molar-refractivity contribution in [1.82, 2.24) is 5.32 Å². The van der Waals surface area contributed by atoms with E-state index in [1.54, 1.807) is 19.1 Å². The van der Waals surface area contributed by atoms with Gasteiger partial charge in [-0.05, 0) is 25.5 Å². The Morgan fingerprint density at radius 2 is 2.11 bits per heavy atom. The van der Waals surface area contributed by atoms with E-state index in [0.29, 0.717) is 16.3 Å². The number of hydrogen-bond donors (Lipinski definition) is 3. The van der Waals surface area contributed by atoms with E-state index in [2.05, 4.69) is 10.6 Å². The summed E-state index contributed by atoms with van der Waals surface area (Å²) >= 11 is 1.20. The van der Waals surface area contributed by atoms with Gasteiger partial charge in [0.1, 0.15) is 0 Å². The third-order valence-electron chi connectivity index (χ3n) is 2.52. The third kappa shape index (κ3) is 4.46. The van der Waals surface area contributed by atoms with E-state index in [4.69, 9.17) is 0 Å². The Balaban J connectivity index is 2.57. The van der Waals surface area contributed by atoms with E-state index < -0.39 is 5.60 Å². The highest BCUT2D eigenvalue weighted by Gasteiger charge is 2.19. The summed E-state index contributed by atoms with van der Waals surface area (Å²) in [6.45, 7) is 5.14. The number of nitrogens with one attached hydrogen (secondary N) is 2. The van der Waals surface area contributed by atoms with Gasteiger partial charge in [-0.1, -0.05) is 6.92 Å². The Morgan fingerprint density at radius 1 is 1.44 bits per heavy atom. The molecule has 3 N–H and O–H groups in total. The van der Waals surface area contributed by atoms with Crippen LogP contribution in [0.4, 0.5) is 5.00 Å². The van der Waals surface area contributed by atoms with Crippen LogP contribution in [0.3, 0.4) is 0 Å². The molecule has 0 saturated heterocycles. The molecule has 6 heteroatoms. The highest BCUT2D eigenvalue weighted by atomic mass is 32.1. The van der Waals surface area contributed by atoms with Gasteiger partial charge >= 0.3 is 0 Å². The van der Waals surface area contributed by atoms with Crippen molar-refractivity contribution in [3.63, 3.8) is 0 Å². The summed E-state index contributed by atoms with van der Waals surface area (Å²) in [6.07, 6.45) is 0.564. The third-order valence-corrected chi connectivity index (χ3v) is 3.52. The molecule has 100 valence electrons. The molecule has 0 saturated carbocycles. The number of amides is 2. The van der Waals surface area contributed by atoms with Crippen LogP contribution in [0.2, 0.25) is 0 Å². The Morgan fingerprint density at radius 3 is 2.67 bits per heavy atom. The highest BCUT2D eigenvalue weighted by molar-refractivity contribution is 7.18. The number of carbonyl (C=O) groups is 2. The van der Waals surface area contributed by atoms with Gasteiger partial charge in [-0.3, -0.25) is 9.59 Å². The molecule has 0 bridgehead atoms. The minimum atomic E-state index is -0.895. The molecular weight excluding hydrogens is 252 g/mol. The van der Waals surface area contributed by atoms with Crippen molar-refractivity contribution in [2.45, 2.75) is 32.8 Å². The van der Waals surface area contributed by atoms with Gasteiger partial charge in [-0.15, -0.1) is 11.3 Å². The normalized spacial score (nSPS) is 13.8. The summed E-state index contributed by atoms with van der Waals surface area (Å²) in [4.78, 5) is 23.1. The molecule has 1 rings (SSSR count). The van der Waals surface area contributed by atoms with Crippen molar-refractivity contribution >= 4 is 28.2 Å². The van der Waals surface area contributed by atoms with Crippen molar-refractivity contribution in [3.8, 4) is 0 Å². The zero-order valence-corrected chi connectivity index (χ0v) is 11.6. The Hall–Kier alpha value is -1.40. The van der Waals surface area contributed by atoms with E-state index in [1.807, 2.05) is 6.92 Å². The van der Waals surface area contributed by atoms with Gasteiger partial charge in [0.25, 0.3) is 5.91 Å². The molecule has 5 nitrogen and oxygen atoms in total. The van der Waals surface area contributed by atoms with Gasteiger partial charge in [0.15, 0.2) is 0 Å². The molecule has 1 aromatic rings. The lowest BCUT2D eigenvalue weighted by molar-refractivity contribution is -0.114. The van der Waals surface area contributed by atoms with Crippen LogP contribution < -0.4 is 10.6 Å². The largest absolute Gasteiger partial charge is 0.388 e. The summed E-state index contributed by atoms with van der Waals surface area (Å²) in [5, 5.41) is 15.7. The van der Waals surface area contributed by atoms with Crippen molar-refractivity contribution in [1.29, 1.82) is 0 Å². The molecule has 0 spiro atoms. The van der Waals surface area contributed by atoms with Gasteiger partial charge in [-0.2, -0.15) is 0 Å². The standard InChI is InChI=1S/C12H18N2O3S/c1-4-12(3,17)7-13-11(16)9-5-6-10(18-9)14-8(2)15/h5-6,17H,4,7H2,1-3H3,(H,13,16)(H,14,15). The van der Waals surface area contributed by atoms with Gasteiger partial charge < -0.3 is 15.7 Å². The number of rotatable bonds is 5. The molecule has 0 fully saturated rings. The monoisotopic (exact) mass is 270 g/mol. The van der Waals surface area contributed by atoms with Crippen LogP contribution in [0.25, 0.3) is 0 Å². The van der Waals surface area contributed by atoms with Crippen LogP contribution in [0.5, 0.6) is 0 Å². The molecule has 1 aromatic heterocycles. The zero-order chi connectivity index (χ0) is 13.8. The van der Waals surface area contributed by atoms with E-state index >= 15 is 0 Å². The first-order valence-electron chi connectivity index (χ1n) is 5.72. The van der Waals surface area contributed by atoms with Crippen LogP contribution in [-0.2, 0) is 4.79 Å². The summed E-state index contributed by atoms with van der Waals surface area (Å²) in [5.74, 6) is -0.414. The van der Waals surface area contributed by atoms with Crippen molar-refractivity contribution < 1.29 is 14.7 Å². The molecule has 18 heavy (non-hydrogen) atoms. The number of aliphatic hydroxyl groups is 1. The molecule has 0 aromatic carbocycles. The molecule has 1 atom stereocenters. The minimum absolute atomic E-state index is 0.169. The Bertz CT molecular complexity index is 440. The van der Waals surface area contributed by atoms with Crippen LogP contribution in [0.15, 0.2) is 12.1 Å². The highest BCUT2D eigenvalue weighted by Crippen LogP contribution is 2.21. The van der Waals surface area contributed by atoms with Gasteiger partial charge in [-0.25, -0.2) is 0 Å². The smallest absolute Gasteiger partial charge is 0.261 e. The lowest BCUT2D eigenvalue weighted by Gasteiger charge is -2.21.